The number of hydrogen-bond acceptors (Lipinski definition) is 2. The number of amides is 1. The molecule has 1 aliphatic heterocycles. The summed E-state index contributed by atoms with van der Waals surface area (Å²) in [5.41, 5.74) is 1.40. The Labute approximate surface area is 131 Å². The van der Waals surface area contributed by atoms with Crippen LogP contribution in [0, 0.1) is 0 Å². The first kappa shape index (κ1) is 15.4. The Hall–Kier alpha value is -0.940. The van der Waals surface area contributed by atoms with Crippen LogP contribution in [0.5, 0.6) is 5.75 Å². The van der Waals surface area contributed by atoms with Gasteiger partial charge in [0.15, 0.2) is 0 Å². The lowest BCUT2D eigenvalue weighted by molar-refractivity contribution is 0.0954. The van der Waals surface area contributed by atoms with E-state index in [4.69, 9.17) is 16.3 Å². The van der Waals surface area contributed by atoms with Crippen molar-refractivity contribution in [1.82, 2.24) is 4.90 Å². The fraction of sp³-hybridized carbons (Fsp3) is 0.500. The van der Waals surface area contributed by atoms with E-state index in [0.29, 0.717) is 17.4 Å². The first-order valence-electron chi connectivity index (χ1n) is 6.35. The lowest BCUT2D eigenvalue weighted by Crippen LogP contribution is -2.44. The van der Waals surface area contributed by atoms with E-state index in [9.17, 15) is 9.90 Å². The number of rotatable bonds is 2. The molecular weight excluding hydrogens is 346 g/mol. The molecule has 0 unspecified atom stereocenters. The molecule has 1 heterocycles. The van der Waals surface area contributed by atoms with Gasteiger partial charge >= 0.3 is 6.09 Å². The maximum Gasteiger partial charge on any atom is 0.408 e. The third-order valence-corrected chi connectivity index (χ3v) is 4.58. The Kier molecular flexibility index (Phi) is 4.21. The van der Waals surface area contributed by atoms with Gasteiger partial charge in [-0.05, 0) is 32.4 Å². The second kappa shape index (κ2) is 5.45. The average Bonchev–Trinajstić information content (AvgIpc) is 2.79. The van der Waals surface area contributed by atoms with Gasteiger partial charge in [0.25, 0.3) is 0 Å². The van der Waals surface area contributed by atoms with E-state index in [1.807, 2.05) is 20.8 Å². The summed E-state index contributed by atoms with van der Waals surface area (Å²) in [6, 6.07) is 1.78. The molecule has 0 aliphatic carbocycles. The van der Waals surface area contributed by atoms with Crippen LogP contribution in [0.3, 0.4) is 0 Å². The monoisotopic (exact) mass is 361 g/mol. The molecule has 1 aromatic carbocycles. The van der Waals surface area contributed by atoms with Gasteiger partial charge in [-0.3, -0.25) is 4.90 Å². The molecule has 0 fully saturated rings. The Morgan fingerprint density at radius 1 is 1.55 bits per heavy atom. The summed E-state index contributed by atoms with van der Waals surface area (Å²) in [5, 5.41) is 9.91. The van der Waals surface area contributed by atoms with Crippen LogP contribution in [0.4, 0.5) is 4.79 Å². The second-order valence-corrected chi connectivity index (χ2v) is 6.98. The highest BCUT2D eigenvalue weighted by atomic mass is 79.9. The molecule has 110 valence electrons. The van der Waals surface area contributed by atoms with Gasteiger partial charge < -0.3 is 9.84 Å². The van der Waals surface area contributed by atoms with Crippen LogP contribution in [0.1, 0.15) is 31.9 Å². The summed E-state index contributed by atoms with van der Waals surface area (Å²) in [7, 11) is 0. The maximum absolute atomic E-state index is 11.4. The van der Waals surface area contributed by atoms with E-state index in [2.05, 4.69) is 15.9 Å². The molecule has 1 aliphatic rings. The molecule has 2 rings (SSSR count). The van der Waals surface area contributed by atoms with Crippen molar-refractivity contribution in [1.29, 1.82) is 0 Å². The summed E-state index contributed by atoms with van der Waals surface area (Å²) in [4.78, 5) is 12.8. The number of halogens is 2. The zero-order chi connectivity index (χ0) is 15.1. The highest BCUT2D eigenvalue weighted by molar-refractivity contribution is 9.10. The molecular formula is C14H17BrClNO3. The third-order valence-electron chi connectivity index (χ3n) is 3.31. The fourth-order valence-corrected chi connectivity index (χ4v) is 3.15. The molecule has 0 saturated carbocycles. The summed E-state index contributed by atoms with van der Waals surface area (Å²) >= 11 is 9.76. The van der Waals surface area contributed by atoms with Gasteiger partial charge in [0.1, 0.15) is 5.75 Å². The lowest BCUT2D eigenvalue weighted by Gasteiger charge is -2.33. The number of hydrogen-bond donors (Lipinski definition) is 1. The maximum atomic E-state index is 11.4. The zero-order valence-electron chi connectivity index (χ0n) is 11.7. The van der Waals surface area contributed by atoms with Crippen molar-refractivity contribution in [3.05, 3.63) is 26.7 Å². The van der Waals surface area contributed by atoms with Gasteiger partial charge in [-0.25, -0.2) is 4.79 Å². The molecule has 1 amide bonds. The Morgan fingerprint density at radius 2 is 2.20 bits per heavy atom. The molecule has 0 bridgehead atoms. The first-order valence-corrected chi connectivity index (χ1v) is 7.52. The average molecular weight is 363 g/mol. The van der Waals surface area contributed by atoms with Crippen molar-refractivity contribution < 1.29 is 14.6 Å². The smallest absolute Gasteiger partial charge is 0.408 e. The topological polar surface area (TPSA) is 49.8 Å². The van der Waals surface area contributed by atoms with Crippen LogP contribution in [-0.2, 0) is 13.0 Å². The quantitative estimate of drug-likeness (QED) is 0.852. The molecule has 6 heteroatoms. The van der Waals surface area contributed by atoms with Crippen molar-refractivity contribution >= 4 is 33.6 Å². The first-order chi connectivity index (χ1) is 9.21. The minimum absolute atomic E-state index is 0.284. The minimum atomic E-state index is -0.947. The third kappa shape index (κ3) is 2.88. The number of nitrogens with zero attached hydrogens (tertiary/aromatic N) is 1. The van der Waals surface area contributed by atoms with Crippen molar-refractivity contribution in [2.24, 2.45) is 0 Å². The SMILES string of the molecule is CC(C)(C)N(Cc1cc(Cl)c2c(c1Br)CCO2)C(=O)O. The molecule has 20 heavy (non-hydrogen) atoms. The van der Waals surface area contributed by atoms with Crippen molar-refractivity contribution in [3.63, 3.8) is 0 Å². The van der Waals surface area contributed by atoms with Gasteiger partial charge in [-0.15, -0.1) is 0 Å². The predicted molar refractivity (Wildman–Crippen MR) is 81.7 cm³/mol. The largest absolute Gasteiger partial charge is 0.491 e. The van der Waals surface area contributed by atoms with Crippen LogP contribution < -0.4 is 4.74 Å². The van der Waals surface area contributed by atoms with Crippen LogP contribution >= 0.6 is 27.5 Å². The number of ether oxygens (including phenoxy) is 1. The van der Waals surface area contributed by atoms with Crippen LogP contribution in [0.25, 0.3) is 0 Å². The highest BCUT2D eigenvalue weighted by Crippen LogP contribution is 2.41. The van der Waals surface area contributed by atoms with Crippen LogP contribution in [-0.4, -0.2) is 28.2 Å². The Balaban J connectivity index is 2.39. The summed E-state index contributed by atoms with van der Waals surface area (Å²) in [6.45, 7) is 6.50. The number of benzene rings is 1. The summed E-state index contributed by atoms with van der Waals surface area (Å²) < 4.78 is 6.39. The van der Waals surface area contributed by atoms with Crippen molar-refractivity contribution in [3.8, 4) is 5.75 Å². The van der Waals surface area contributed by atoms with Gasteiger partial charge in [-0.1, -0.05) is 27.5 Å². The Morgan fingerprint density at radius 3 is 2.75 bits per heavy atom. The number of carbonyl (C=O) groups is 1. The van der Waals surface area contributed by atoms with Gasteiger partial charge in [0.05, 0.1) is 18.2 Å². The van der Waals surface area contributed by atoms with E-state index in [1.165, 1.54) is 4.90 Å². The predicted octanol–water partition coefficient (Wildman–Crippen LogP) is 4.32. The number of carboxylic acid groups (broad SMARTS) is 1. The minimum Gasteiger partial charge on any atom is -0.491 e. The fourth-order valence-electron chi connectivity index (χ4n) is 2.23. The van der Waals surface area contributed by atoms with Gasteiger partial charge in [0, 0.05) is 22.0 Å². The lowest BCUT2D eigenvalue weighted by atomic mass is 10.0. The molecule has 4 nitrogen and oxygen atoms in total. The number of fused-ring (bicyclic) bond motifs is 1. The van der Waals surface area contributed by atoms with E-state index >= 15 is 0 Å². The van der Waals surface area contributed by atoms with E-state index in [-0.39, 0.29) is 6.54 Å². The molecule has 0 atom stereocenters. The van der Waals surface area contributed by atoms with Crippen molar-refractivity contribution in [2.75, 3.05) is 6.61 Å². The standard InChI is InChI=1S/C14H17BrClNO3/c1-14(2,3)17(13(18)19)7-8-6-10(16)12-9(11(8)15)4-5-20-12/h6H,4-5,7H2,1-3H3,(H,18,19). The zero-order valence-corrected chi connectivity index (χ0v) is 14.0. The van der Waals surface area contributed by atoms with E-state index in [0.717, 1.165) is 22.0 Å². The van der Waals surface area contributed by atoms with Gasteiger partial charge in [0.2, 0.25) is 0 Å². The van der Waals surface area contributed by atoms with Crippen LogP contribution in [0.15, 0.2) is 10.5 Å². The van der Waals surface area contributed by atoms with E-state index in [1.54, 1.807) is 6.07 Å². The van der Waals surface area contributed by atoms with Crippen molar-refractivity contribution in [2.45, 2.75) is 39.3 Å². The van der Waals surface area contributed by atoms with Crippen LogP contribution in [0.2, 0.25) is 5.02 Å². The molecule has 0 spiro atoms. The Bertz CT molecular complexity index is 554. The normalized spacial score (nSPS) is 13.8. The summed E-state index contributed by atoms with van der Waals surface area (Å²) in [6.07, 6.45) is -0.163. The molecule has 0 radical (unpaired) electrons. The van der Waals surface area contributed by atoms with E-state index < -0.39 is 11.6 Å². The summed E-state index contributed by atoms with van der Waals surface area (Å²) in [5.74, 6) is 0.708. The highest BCUT2D eigenvalue weighted by Gasteiger charge is 2.29. The molecule has 1 N–H and O–H groups in total. The second-order valence-electron chi connectivity index (χ2n) is 5.78. The molecule has 1 aromatic rings. The molecule has 0 aromatic heterocycles. The van der Waals surface area contributed by atoms with Gasteiger partial charge in [-0.2, -0.15) is 0 Å². The molecule has 0 saturated heterocycles.